The van der Waals surface area contributed by atoms with E-state index < -0.39 is 0 Å². The van der Waals surface area contributed by atoms with Gasteiger partial charge in [0.1, 0.15) is 5.82 Å². The molecule has 0 saturated heterocycles. The molecule has 0 heterocycles. The Kier molecular flexibility index (Phi) is 2.62. The number of halogens is 2. The van der Waals surface area contributed by atoms with Crippen LogP contribution in [0.15, 0.2) is 18.2 Å². The molecule has 3 heteroatoms. The average molecular weight is 251 g/mol. The molecule has 0 aliphatic heterocycles. The van der Waals surface area contributed by atoms with E-state index in [2.05, 4.69) is 0 Å². The quantitative estimate of drug-likeness (QED) is 0.758. The molecule has 0 aromatic heterocycles. The van der Waals surface area contributed by atoms with E-state index >= 15 is 0 Å². The maximum Gasteiger partial charge on any atom is 0.140 e. The molecule has 1 rings (SSSR count). The molecule has 0 atom stereocenters. The lowest BCUT2D eigenvalue weighted by Crippen LogP contribution is -2.00. The highest BCUT2D eigenvalue weighted by atomic mass is 127. The first kappa shape index (κ1) is 7.94. The zero-order valence-electron chi connectivity index (χ0n) is 5.27. The summed E-state index contributed by atoms with van der Waals surface area (Å²) >= 11 is 1.94. The van der Waals surface area contributed by atoms with Crippen LogP contribution in [0.4, 0.5) is 4.39 Å². The fourth-order valence-electron chi connectivity index (χ4n) is 0.706. The van der Waals surface area contributed by atoms with Crippen LogP contribution in [0.5, 0.6) is 0 Å². The van der Waals surface area contributed by atoms with Crippen LogP contribution in [0.2, 0.25) is 0 Å². The van der Waals surface area contributed by atoms with E-state index in [1.54, 1.807) is 18.2 Å². The molecular weight excluding hydrogens is 244 g/mol. The third-order valence-electron chi connectivity index (χ3n) is 1.25. The van der Waals surface area contributed by atoms with Gasteiger partial charge in [-0.1, -0.05) is 12.1 Å². The van der Waals surface area contributed by atoms with Crippen molar-refractivity contribution < 1.29 is 4.39 Å². The van der Waals surface area contributed by atoms with E-state index in [4.69, 9.17) is 5.73 Å². The Balaban J connectivity index is 3.14. The van der Waals surface area contributed by atoms with Gasteiger partial charge < -0.3 is 5.73 Å². The molecule has 0 fully saturated rings. The maximum absolute atomic E-state index is 12.9. The first-order valence-electron chi connectivity index (χ1n) is 2.88. The summed E-state index contributed by atoms with van der Waals surface area (Å²) in [7, 11) is 0. The van der Waals surface area contributed by atoms with Gasteiger partial charge in [0.2, 0.25) is 0 Å². The van der Waals surface area contributed by atoms with Crippen molar-refractivity contribution >= 4 is 22.6 Å². The van der Waals surface area contributed by atoms with Gasteiger partial charge >= 0.3 is 0 Å². The Morgan fingerprint density at radius 1 is 1.50 bits per heavy atom. The van der Waals surface area contributed by atoms with Gasteiger partial charge in [0, 0.05) is 15.7 Å². The predicted octanol–water partition coefficient (Wildman–Crippen LogP) is 1.89. The SMILES string of the molecule is NCc1cccc(I)c1F. The van der Waals surface area contributed by atoms with E-state index in [1.165, 1.54) is 0 Å². The molecule has 0 radical (unpaired) electrons. The number of nitrogens with two attached hydrogens (primary N) is 1. The average Bonchev–Trinajstić information content (AvgIpc) is 1.95. The van der Waals surface area contributed by atoms with Gasteiger partial charge in [0.05, 0.1) is 0 Å². The summed E-state index contributed by atoms with van der Waals surface area (Å²) in [5.41, 5.74) is 5.85. The zero-order valence-corrected chi connectivity index (χ0v) is 7.43. The third-order valence-corrected chi connectivity index (χ3v) is 2.08. The van der Waals surface area contributed by atoms with Crippen LogP contribution in [0.1, 0.15) is 5.56 Å². The monoisotopic (exact) mass is 251 g/mol. The lowest BCUT2D eigenvalue weighted by Gasteiger charge is -1.99. The molecule has 1 aromatic carbocycles. The van der Waals surface area contributed by atoms with Crippen molar-refractivity contribution in [2.24, 2.45) is 5.73 Å². The van der Waals surface area contributed by atoms with Crippen LogP contribution in [-0.2, 0) is 6.54 Å². The van der Waals surface area contributed by atoms with Crippen molar-refractivity contribution in [2.45, 2.75) is 6.54 Å². The van der Waals surface area contributed by atoms with Gasteiger partial charge in [0.15, 0.2) is 0 Å². The highest BCUT2D eigenvalue weighted by Crippen LogP contribution is 2.13. The van der Waals surface area contributed by atoms with Gasteiger partial charge in [0.25, 0.3) is 0 Å². The second-order valence-electron chi connectivity index (χ2n) is 1.92. The van der Waals surface area contributed by atoms with Crippen molar-refractivity contribution in [1.29, 1.82) is 0 Å². The fourth-order valence-corrected chi connectivity index (χ4v) is 1.26. The van der Waals surface area contributed by atoms with E-state index in [1.807, 2.05) is 22.6 Å². The van der Waals surface area contributed by atoms with Gasteiger partial charge in [-0.3, -0.25) is 0 Å². The predicted molar refractivity (Wildman–Crippen MR) is 47.0 cm³/mol. The fraction of sp³-hybridized carbons (Fsp3) is 0.143. The minimum atomic E-state index is -0.189. The minimum Gasteiger partial charge on any atom is -0.326 e. The molecule has 0 amide bonds. The molecule has 1 nitrogen and oxygen atoms in total. The molecule has 0 aliphatic rings. The topological polar surface area (TPSA) is 26.0 Å². The Labute approximate surface area is 72.6 Å². The van der Waals surface area contributed by atoms with Crippen molar-refractivity contribution in [2.75, 3.05) is 0 Å². The molecule has 0 spiro atoms. The molecule has 0 saturated carbocycles. The number of hydrogen-bond acceptors (Lipinski definition) is 1. The molecule has 54 valence electrons. The molecule has 0 bridgehead atoms. The lowest BCUT2D eigenvalue weighted by atomic mass is 10.2. The first-order chi connectivity index (χ1) is 4.75. The van der Waals surface area contributed by atoms with E-state index in [0.29, 0.717) is 9.13 Å². The summed E-state index contributed by atoms with van der Waals surface area (Å²) < 4.78 is 13.5. The largest absolute Gasteiger partial charge is 0.326 e. The van der Waals surface area contributed by atoms with Crippen molar-refractivity contribution in [3.63, 3.8) is 0 Å². The molecule has 0 unspecified atom stereocenters. The Morgan fingerprint density at radius 2 is 2.20 bits per heavy atom. The van der Waals surface area contributed by atoms with Crippen molar-refractivity contribution in [1.82, 2.24) is 0 Å². The van der Waals surface area contributed by atoms with Crippen LogP contribution in [0.3, 0.4) is 0 Å². The minimum absolute atomic E-state index is 0.189. The summed E-state index contributed by atoms with van der Waals surface area (Å²) in [4.78, 5) is 0. The second kappa shape index (κ2) is 3.30. The molecule has 0 aliphatic carbocycles. The summed E-state index contributed by atoms with van der Waals surface area (Å²) in [5.74, 6) is -0.189. The second-order valence-corrected chi connectivity index (χ2v) is 3.08. The smallest absolute Gasteiger partial charge is 0.140 e. The number of rotatable bonds is 1. The van der Waals surface area contributed by atoms with Gasteiger partial charge in [-0.2, -0.15) is 0 Å². The number of benzene rings is 1. The Hall–Kier alpha value is -0.160. The standard InChI is InChI=1S/C7H7FIN/c8-7-5(4-10)2-1-3-6(7)9/h1-3H,4,10H2. The van der Waals surface area contributed by atoms with E-state index in [-0.39, 0.29) is 12.4 Å². The van der Waals surface area contributed by atoms with Crippen molar-refractivity contribution in [3.05, 3.63) is 33.1 Å². The molecule has 2 N–H and O–H groups in total. The molecule has 10 heavy (non-hydrogen) atoms. The number of hydrogen-bond donors (Lipinski definition) is 1. The summed E-state index contributed by atoms with van der Waals surface area (Å²) in [6.45, 7) is 0.267. The zero-order chi connectivity index (χ0) is 7.56. The molecular formula is C7H7FIN. The Morgan fingerprint density at radius 3 is 2.70 bits per heavy atom. The van der Waals surface area contributed by atoms with Crippen LogP contribution < -0.4 is 5.73 Å². The highest BCUT2D eigenvalue weighted by molar-refractivity contribution is 14.1. The normalized spacial score (nSPS) is 9.90. The van der Waals surface area contributed by atoms with Crippen molar-refractivity contribution in [3.8, 4) is 0 Å². The summed E-state index contributed by atoms with van der Waals surface area (Å²) in [6, 6.07) is 5.21. The van der Waals surface area contributed by atoms with Crippen LogP contribution in [0.25, 0.3) is 0 Å². The van der Waals surface area contributed by atoms with Crippen LogP contribution >= 0.6 is 22.6 Å². The summed E-state index contributed by atoms with van der Waals surface area (Å²) in [6.07, 6.45) is 0. The lowest BCUT2D eigenvalue weighted by molar-refractivity contribution is 0.603. The van der Waals surface area contributed by atoms with Gasteiger partial charge in [-0.25, -0.2) is 4.39 Å². The van der Waals surface area contributed by atoms with Gasteiger partial charge in [-0.05, 0) is 28.7 Å². The summed E-state index contributed by atoms with van der Waals surface area (Å²) in [5, 5.41) is 0. The molecule has 1 aromatic rings. The van der Waals surface area contributed by atoms with Crippen LogP contribution in [0, 0.1) is 9.39 Å². The Bertz CT molecular complexity index is 237. The van der Waals surface area contributed by atoms with Gasteiger partial charge in [-0.15, -0.1) is 0 Å². The van der Waals surface area contributed by atoms with E-state index in [0.717, 1.165) is 0 Å². The highest BCUT2D eigenvalue weighted by Gasteiger charge is 2.01. The first-order valence-corrected chi connectivity index (χ1v) is 3.96. The van der Waals surface area contributed by atoms with E-state index in [9.17, 15) is 4.39 Å². The third kappa shape index (κ3) is 1.46. The maximum atomic E-state index is 12.9. The van der Waals surface area contributed by atoms with Crippen LogP contribution in [-0.4, -0.2) is 0 Å².